The van der Waals surface area contributed by atoms with Gasteiger partial charge in [-0.05, 0) is 24.8 Å². The van der Waals surface area contributed by atoms with Crippen LogP contribution in [0.4, 0.5) is 0 Å². The molecule has 0 aromatic rings. The Labute approximate surface area is 80.2 Å². The van der Waals surface area contributed by atoms with Crippen molar-refractivity contribution in [2.24, 2.45) is 16.2 Å². The smallest absolute Gasteiger partial charge is 0.165 e. The molecule has 1 heteroatoms. The number of carbonyl (C=O) groups excluding carboxylic acids is 1. The molecule has 2 rings (SSSR count). The van der Waals surface area contributed by atoms with Gasteiger partial charge in [-0.2, -0.15) is 0 Å². The van der Waals surface area contributed by atoms with Gasteiger partial charge in [-0.1, -0.05) is 33.3 Å². The lowest BCUT2D eigenvalue weighted by atomic mass is 9.87. The zero-order chi connectivity index (χ0) is 10.2. The Morgan fingerprint density at radius 3 is 1.62 bits per heavy atom. The number of Topliss-reactive ketones (excluding diaryl/α,β-unsaturated/α-hetero) is 1. The summed E-state index contributed by atoms with van der Waals surface area (Å²) in [5, 5.41) is 0. The molecule has 0 bridgehead atoms. The number of allylic oxidation sites excluding steroid dienone is 2. The third-order valence-corrected chi connectivity index (χ3v) is 5.54. The molecule has 1 nitrogen and oxygen atoms in total. The van der Waals surface area contributed by atoms with E-state index in [2.05, 4.69) is 34.6 Å². The molecule has 0 spiro atoms. The van der Waals surface area contributed by atoms with Gasteiger partial charge < -0.3 is 0 Å². The Balaban J connectivity index is 2.66. The standard InChI is InChI=1S/C12H18O/c1-7-8(2)11(5)10(3,4)12(11,6)9(7)13/h1-6H3/t11-,12+/m0/s1. The monoisotopic (exact) mass is 178 g/mol. The molecule has 0 radical (unpaired) electrons. The first-order chi connectivity index (χ1) is 5.73. The number of fused-ring (bicyclic) bond motifs is 1. The highest BCUT2D eigenvalue weighted by atomic mass is 16.1. The maximum atomic E-state index is 12.0. The lowest BCUT2D eigenvalue weighted by molar-refractivity contribution is -0.120. The second-order valence-corrected chi connectivity index (χ2v) is 5.45. The second-order valence-electron chi connectivity index (χ2n) is 5.45. The lowest BCUT2D eigenvalue weighted by Gasteiger charge is -2.16. The molecule has 2 atom stereocenters. The lowest BCUT2D eigenvalue weighted by Crippen LogP contribution is -2.17. The van der Waals surface area contributed by atoms with Crippen molar-refractivity contribution >= 4 is 5.78 Å². The van der Waals surface area contributed by atoms with Gasteiger partial charge >= 0.3 is 0 Å². The Hall–Kier alpha value is -0.590. The van der Waals surface area contributed by atoms with Crippen LogP contribution in [0.25, 0.3) is 0 Å². The molecule has 0 unspecified atom stereocenters. The van der Waals surface area contributed by atoms with Crippen LogP contribution < -0.4 is 0 Å². The van der Waals surface area contributed by atoms with Crippen molar-refractivity contribution in [3.05, 3.63) is 11.1 Å². The second kappa shape index (κ2) is 1.77. The molecule has 72 valence electrons. The van der Waals surface area contributed by atoms with Gasteiger partial charge in [-0.15, -0.1) is 0 Å². The van der Waals surface area contributed by atoms with Crippen LogP contribution >= 0.6 is 0 Å². The van der Waals surface area contributed by atoms with E-state index in [-0.39, 0.29) is 16.2 Å². The Kier molecular flexibility index (Phi) is 1.23. The van der Waals surface area contributed by atoms with Crippen LogP contribution in [0.2, 0.25) is 0 Å². The molecule has 0 aromatic heterocycles. The van der Waals surface area contributed by atoms with Crippen LogP contribution in [0.3, 0.4) is 0 Å². The largest absolute Gasteiger partial charge is 0.294 e. The van der Waals surface area contributed by atoms with E-state index >= 15 is 0 Å². The van der Waals surface area contributed by atoms with E-state index in [1.807, 2.05) is 6.92 Å². The van der Waals surface area contributed by atoms with E-state index in [1.54, 1.807) is 0 Å². The summed E-state index contributed by atoms with van der Waals surface area (Å²) in [6.07, 6.45) is 0. The van der Waals surface area contributed by atoms with E-state index in [9.17, 15) is 4.79 Å². The van der Waals surface area contributed by atoms with Gasteiger partial charge in [0.1, 0.15) is 0 Å². The molecule has 0 N–H and O–H groups in total. The highest BCUT2D eigenvalue weighted by Gasteiger charge is 2.83. The number of hydrogen-bond donors (Lipinski definition) is 0. The Morgan fingerprint density at radius 2 is 1.38 bits per heavy atom. The van der Waals surface area contributed by atoms with Crippen molar-refractivity contribution in [3.63, 3.8) is 0 Å². The number of carbonyl (C=O) groups is 1. The molecule has 2 aliphatic carbocycles. The van der Waals surface area contributed by atoms with E-state index in [4.69, 9.17) is 0 Å². The summed E-state index contributed by atoms with van der Waals surface area (Å²) in [6.45, 7) is 12.9. The first kappa shape index (κ1) is 8.98. The Morgan fingerprint density at radius 1 is 0.923 bits per heavy atom. The van der Waals surface area contributed by atoms with Crippen molar-refractivity contribution in [2.75, 3.05) is 0 Å². The van der Waals surface area contributed by atoms with Gasteiger partial charge in [0.25, 0.3) is 0 Å². The predicted octanol–water partition coefficient (Wildman–Crippen LogP) is 2.96. The van der Waals surface area contributed by atoms with Crippen LogP contribution in [-0.4, -0.2) is 5.78 Å². The maximum Gasteiger partial charge on any atom is 0.165 e. The average molecular weight is 178 g/mol. The minimum atomic E-state index is -0.117. The summed E-state index contributed by atoms with van der Waals surface area (Å²) in [4.78, 5) is 12.0. The number of rotatable bonds is 0. The van der Waals surface area contributed by atoms with Gasteiger partial charge in [0.15, 0.2) is 5.78 Å². The van der Waals surface area contributed by atoms with E-state index in [0.717, 1.165) is 5.57 Å². The molecular formula is C12H18O. The summed E-state index contributed by atoms with van der Waals surface area (Å²) >= 11 is 0. The van der Waals surface area contributed by atoms with Crippen LogP contribution in [0.15, 0.2) is 11.1 Å². The van der Waals surface area contributed by atoms with Crippen molar-refractivity contribution < 1.29 is 4.79 Å². The highest BCUT2D eigenvalue weighted by Crippen LogP contribution is 2.84. The van der Waals surface area contributed by atoms with Gasteiger partial charge in [0, 0.05) is 10.8 Å². The quantitative estimate of drug-likeness (QED) is 0.557. The summed E-state index contributed by atoms with van der Waals surface area (Å²) in [7, 11) is 0. The maximum absolute atomic E-state index is 12.0. The molecule has 0 saturated heterocycles. The number of ketones is 1. The van der Waals surface area contributed by atoms with Gasteiger partial charge in [-0.3, -0.25) is 4.79 Å². The third kappa shape index (κ3) is 0.512. The van der Waals surface area contributed by atoms with Crippen LogP contribution in [0.1, 0.15) is 41.5 Å². The molecule has 0 amide bonds. The topological polar surface area (TPSA) is 17.1 Å². The average Bonchev–Trinajstić information content (AvgIpc) is 2.36. The van der Waals surface area contributed by atoms with Crippen LogP contribution in [0, 0.1) is 16.2 Å². The fourth-order valence-electron chi connectivity index (χ4n) is 3.62. The Bertz CT molecular complexity index is 348. The zero-order valence-corrected chi connectivity index (χ0v) is 9.41. The minimum Gasteiger partial charge on any atom is -0.294 e. The van der Waals surface area contributed by atoms with E-state index in [0.29, 0.717) is 5.78 Å². The molecule has 2 aliphatic rings. The van der Waals surface area contributed by atoms with Crippen LogP contribution in [0.5, 0.6) is 0 Å². The van der Waals surface area contributed by atoms with Crippen molar-refractivity contribution in [3.8, 4) is 0 Å². The summed E-state index contributed by atoms with van der Waals surface area (Å²) < 4.78 is 0. The van der Waals surface area contributed by atoms with Gasteiger partial charge in [-0.25, -0.2) is 0 Å². The molecule has 13 heavy (non-hydrogen) atoms. The van der Waals surface area contributed by atoms with Crippen molar-refractivity contribution in [2.45, 2.75) is 41.5 Å². The predicted molar refractivity (Wildman–Crippen MR) is 53.4 cm³/mol. The summed E-state index contributed by atoms with van der Waals surface area (Å²) in [5.41, 5.74) is 2.48. The molecule has 1 fully saturated rings. The fourth-order valence-corrected chi connectivity index (χ4v) is 3.62. The SMILES string of the molecule is CC1=C(C)[C@@]2(C)C(C)(C)[C@@]2(C)C1=O. The molecule has 0 heterocycles. The zero-order valence-electron chi connectivity index (χ0n) is 9.41. The minimum absolute atomic E-state index is 0.117. The summed E-state index contributed by atoms with van der Waals surface area (Å²) in [6, 6.07) is 0. The van der Waals surface area contributed by atoms with Gasteiger partial charge in [0.2, 0.25) is 0 Å². The fraction of sp³-hybridized carbons (Fsp3) is 0.750. The molecule has 0 aromatic carbocycles. The molecule has 0 aliphatic heterocycles. The van der Waals surface area contributed by atoms with Crippen LogP contribution in [-0.2, 0) is 4.79 Å². The normalized spacial score (nSPS) is 46.8. The molecular weight excluding hydrogens is 160 g/mol. The van der Waals surface area contributed by atoms with E-state index in [1.165, 1.54) is 5.57 Å². The van der Waals surface area contributed by atoms with Crippen molar-refractivity contribution in [1.29, 1.82) is 0 Å². The molecule has 1 saturated carbocycles. The third-order valence-electron chi connectivity index (χ3n) is 5.54. The van der Waals surface area contributed by atoms with Gasteiger partial charge in [0.05, 0.1) is 0 Å². The highest BCUT2D eigenvalue weighted by molar-refractivity contribution is 6.08. The summed E-state index contributed by atoms with van der Waals surface area (Å²) in [5.74, 6) is 0.373. The van der Waals surface area contributed by atoms with Crippen molar-refractivity contribution in [1.82, 2.24) is 0 Å². The first-order valence-electron chi connectivity index (χ1n) is 4.95. The first-order valence-corrected chi connectivity index (χ1v) is 4.95. The number of hydrogen-bond acceptors (Lipinski definition) is 1. The van der Waals surface area contributed by atoms with E-state index < -0.39 is 0 Å².